The van der Waals surface area contributed by atoms with Crippen molar-refractivity contribution in [3.8, 4) is 22.3 Å². The lowest BCUT2D eigenvalue weighted by molar-refractivity contribution is 0.672. The monoisotopic (exact) mass is 815 g/mol. The van der Waals surface area contributed by atoms with E-state index in [1.807, 2.05) is 6.08 Å². The van der Waals surface area contributed by atoms with Gasteiger partial charge in [0.1, 0.15) is 11.2 Å². The molecule has 0 amide bonds. The smallest absolute Gasteiger partial charge is 0.143 e. The highest BCUT2D eigenvalue weighted by atomic mass is 16.3. The molecule has 0 saturated heterocycles. The molecular weight excluding hydrogens is 775 g/mol. The highest BCUT2D eigenvalue weighted by molar-refractivity contribution is 6.16. The van der Waals surface area contributed by atoms with E-state index in [9.17, 15) is 0 Å². The van der Waals surface area contributed by atoms with Crippen molar-refractivity contribution in [1.29, 1.82) is 0 Å². The van der Waals surface area contributed by atoms with Crippen molar-refractivity contribution in [3.63, 3.8) is 0 Å². The molecule has 300 valence electrons. The van der Waals surface area contributed by atoms with Gasteiger partial charge in [-0.25, -0.2) is 0 Å². The van der Waals surface area contributed by atoms with Crippen molar-refractivity contribution in [3.05, 3.63) is 247 Å². The van der Waals surface area contributed by atoms with Crippen molar-refractivity contribution < 1.29 is 4.42 Å². The van der Waals surface area contributed by atoms with Gasteiger partial charge in [0.2, 0.25) is 0 Å². The highest BCUT2D eigenvalue weighted by Crippen LogP contribution is 2.44. The summed E-state index contributed by atoms with van der Waals surface area (Å²) in [5.74, 6) is 0. The Kier molecular flexibility index (Phi) is 9.02. The zero-order valence-electron chi connectivity index (χ0n) is 35.1. The number of fused-ring (bicyclic) bond motifs is 9. The molecule has 2 heteroatoms. The SMILES string of the molecule is C=C/C=c1\c(=C\c2ccc(N(c3ccc(-c4cccc5c4ccc4ccccc45)cc3)c3ccccc3-c3ccc4oc5c6ccccc6ccc5c4c3)cc2)ccc2ccccc12. The van der Waals surface area contributed by atoms with Crippen molar-refractivity contribution in [1.82, 2.24) is 0 Å². The van der Waals surface area contributed by atoms with E-state index in [4.69, 9.17) is 4.42 Å². The third kappa shape index (κ3) is 6.35. The molecule has 0 aliphatic heterocycles. The van der Waals surface area contributed by atoms with E-state index in [2.05, 4.69) is 242 Å². The molecule has 0 aliphatic carbocycles. The summed E-state index contributed by atoms with van der Waals surface area (Å²) in [7, 11) is 0. The first kappa shape index (κ1) is 37.3. The van der Waals surface area contributed by atoms with Gasteiger partial charge in [-0.15, -0.1) is 0 Å². The number of nitrogens with zero attached hydrogens (tertiary/aromatic N) is 1. The quantitative estimate of drug-likeness (QED) is 0.149. The van der Waals surface area contributed by atoms with Gasteiger partial charge in [0.15, 0.2) is 0 Å². The average Bonchev–Trinajstić information content (AvgIpc) is 3.74. The number of anilines is 3. The van der Waals surface area contributed by atoms with Gasteiger partial charge in [-0.2, -0.15) is 0 Å². The van der Waals surface area contributed by atoms with Crippen LogP contribution in [0.5, 0.6) is 0 Å². The summed E-state index contributed by atoms with van der Waals surface area (Å²) >= 11 is 0. The van der Waals surface area contributed by atoms with Crippen LogP contribution >= 0.6 is 0 Å². The standard InChI is InChI=1S/C62H41NO/c1-2-12-50-46(26-25-42-13-3-6-16-51(42)50)39-41-23-32-48(33-24-41)63(49-34-27-45(28-35-49)53-20-11-21-56-52-17-7-4-14-43(52)29-36-57(53)56)60-22-10-9-18-54(60)47-31-38-61-59(40-47)58-37-30-44-15-5-8-19-55(44)62(58)64-61/h2-40H,1H2/b46-39+,50-12+. The molecule has 64 heavy (non-hydrogen) atoms. The molecule has 12 aromatic rings. The van der Waals surface area contributed by atoms with Gasteiger partial charge in [-0.1, -0.05) is 189 Å². The predicted molar refractivity (Wildman–Crippen MR) is 273 cm³/mol. The lowest BCUT2D eigenvalue weighted by Gasteiger charge is -2.28. The van der Waals surface area contributed by atoms with Crippen LogP contribution in [-0.2, 0) is 0 Å². The summed E-state index contributed by atoms with van der Waals surface area (Å²) < 4.78 is 6.54. The minimum absolute atomic E-state index is 0.883. The van der Waals surface area contributed by atoms with Gasteiger partial charge in [-0.3, -0.25) is 0 Å². The van der Waals surface area contributed by atoms with Crippen LogP contribution in [0.4, 0.5) is 17.1 Å². The third-order valence-electron chi connectivity index (χ3n) is 12.8. The Labute approximate surface area is 371 Å². The fraction of sp³-hybridized carbons (Fsp3) is 0. The second-order valence-electron chi connectivity index (χ2n) is 16.5. The molecule has 11 aromatic carbocycles. The third-order valence-corrected chi connectivity index (χ3v) is 12.8. The molecule has 0 radical (unpaired) electrons. The Morgan fingerprint density at radius 1 is 0.406 bits per heavy atom. The van der Waals surface area contributed by atoms with E-state index in [1.165, 1.54) is 54.0 Å². The molecule has 0 bridgehead atoms. The van der Waals surface area contributed by atoms with E-state index >= 15 is 0 Å². The number of para-hydroxylation sites is 1. The van der Waals surface area contributed by atoms with Crippen molar-refractivity contribution in [2.45, 2.75) is 0 Å². The molecule has 0 fully saturated rings. The molecule has 0 unspecified atom stereocenters. The molecule has 2 nitrogen and oxygen atoms in total. The molecule has 0 atom stereocenters. The first-order valence-electron chi connectivity index (χ1n) is 21.9. The maximum absolute atomic E-state index is 6.54. The Hall–Kier alpha value is -8.46. The summed E-state index contributed by atoms with van der Waals surface area (Å²) in [5, 5.41) is 14.3. The Morgan fingerprint density at radius 2 is 1.00 bits per heavy atom. The molecular formula is C62H41NO. The minimum Gasteiger partial charge on any atom is -0.455 e. The summed E-state index contributed by atoms with van der Waals surface area (Å²) in [6.45, 7) is 4.03. The van der Waals surface area contributed by atoms with Crippen LogP contribution in [0, 0.1) is 0 Å². The van der Waals surface area contributed by atoms with Crippen molar-refractivity contribution >= 4 is 94.2 Å². The number of hydrogen-bond acceptors (Lipinski definition) is 2. The van der Waals surface area contributed by atoms with E-state index in [0.717, 1.165) is 66.3 Å². The van der Waals surface area contributed by atoms with Crippen molar-refractivity contribution in [2.75, 3.05) is 4.90 Å². The second kappa shape index (κ2) is 15.5. The van der Waals surface area contributed by atoms with Crippen LogP contribution in [0.3, 0.4) is 0 Å². The Morgan fingerprint density at radius 3 is 1.78 bits per heavy atom. The maximum atomic E-state index is 6.54. The molecule has 1 heterocycles. The van der Waals surface area contributed by atoms with Crippen LogP contribution < -0.4 is 15.3 Å². The summed E-state index contributed by atoms with van der Waals surface area (Å²) in [6, 6.07) is 78.9. The van der Waals surface area contributed by atoms with Crippen LogP contribution in [0.15, 0.2) is 235 Å². The van der Waals surface area contributed by atoms with E-state index in [1.54, 1.807) is 0 Å². The zero-order chi connectivity index (χ0) is 42.6. The normalized spacial score (nSPS) is 12.3. The number of furan rings is 1. The number of hydrogen-bond donors (Lipinski definition) is 0. The number of allylic oxidation sites excluding steroid dienone is 1. The largest absolute Gasteiger partial charge is 0.455 e. The molecule has 0 saturated carbocycles. The summed E-state index contributed by atoms with van der Waals surface area (Å²) in [5.41, 5.74) is 10.8. The lowest BCUT2D eigenvalue weighted by Crippen LogP contribution is -2.25. The van der Waals surface area contributed by atoms with Gasteiger partial charge in [0, 0.05) is 33.1 Å². The van der Waals surface area contributed by atoms with Crippen LogP contribution in [0.1, 0.15) is 5.56 Å². The van der Waals surface area contributed by atoms with Crippen LogP contribution in [-0.4, -0.2) is 0 Å². The van der Waals surface area contributed by atoms with Gasteiger partial charge in [0.05, 0.1) is 5.69 Å². The van der Waals surface area contributed by atoms with Crippen LogP contribution in [0.25, 0.3) is 99.4 Å². The molecule has 1 aromatic heterocycles. The van der Waals surface area contributed by atoms with Gasteiger partial charge >= 0.3 is 0 Å². The molecule has 12 rings (SSSR count). The first-order valence-corrected chi connectivity index (χ1v) is 21.9. The van der Waals surface area contributed by atoms with Gasteiger partial charge in [-0.05, 0) is 125 Å². The fourth-order valence-corrected chi connectivity index (χ4v) is 9.74. The molecule has 0 N–H and O–H groups in total. The topological polar surface area (TPSA) is 16.4 Å². The predicted octanol–water partition coefficient (Wildman–Crippen LogP) is 15.8. The number of rotatable bonds is 7. The lowest BCUT2D eigenvalue weighted by atomic mass is 9.94. The maximum Gasteiger partial charge on any atom is 0.143 e. The van der Waals surface area contributed by atoms with E-state index < -0.39 is 0 Å². The fourth-order valence-electron chi connectivity index (χ4n) is 9.74. The molecule has 0 aliphatic rings. The van der Waals surface area contributed by atoms with Crippen LogP contribution in [0.2, 0.25) is 0 Å². The van der Waals surface area contributed by atoms with E-state index in [0.29, 0.717) is 0 Å². The molecule has 0 spiro atoms. The minimum atomic E-state index is 0.883. The zero-order valence-corrected chi connectivity index (χ0v) is 35.1. The average molecular weight is 816 g/mol. The first-order chi connectivity index (χ1) is 31.7. The Balaban J connectivity index is 1.00. The number of benzene rings is 11. The summed E-state index contributed by atoms with van der Waals surface area (Å²) in [4.78, 5) is 2.39. The summed E-state index contributed by atoms with van der Waals surface area (Å²) in [6.07, 6.45) is 6.25. The highest BCUT2D eigenvalue weighted by Gasteiger charge is 2.19. The second-order valence-corrected chi connectivity index (χ2v) is 16.5. The Bertz CT molecular complexity index is 3910. The van der Waals surface area contributed by atoms with Gasteiger partial charge in [0.25, 0.3) is 0 Å². The van der Waals surface area contributed by atoms with Crippen molar-refractivity contribution in [2.24, 2.45) is 0 Å². The van der Waals surface area contributed by atoms with E-state index in [-0.39, 0.29) is 0 Å². The van der Waals surface area contributed by atoms with Gasteiger partial charge < -0.3 is 9.32 Å².